The number of aliphatic hydroxyl groups excluding tert-OH is 1. The highest BCUT2D eigenvalue weighted by Gasteiger charge is 2.09. The first kappa shape index (κ1) is 17.8. The van der Waals surface area contributed by atoms with Crippen molar-refractivity contribution in [2.75, 3.05) is 20.2 Å². The number of aliphatic hydroxyl groups is 1. The zero-order valence-electron chi connectivity index (χ0n) is 14.1. The Morgan fingerprint density at radius 2 is 1.92 bits per heavy atom. The number of carbonyl (C=O) groups is 1. The van der Waals surface area contributed by atoms with Gasteiger partial charge in [-0.1, -0.05) is 42.0 Å². The molecule has 0 aliphatic carbocycles. The van der Waals surface area contributed by atoms with E-state index in [9.17, 15) is 9.90 Å². The van der Waals surface area contributed by atoms with Gasteiger partial charge in [0.15, 0.2) is 0 Å². The van der Waals surface area contributed by atoms with Crippen LogP contribution >= 0.6 is 0 Å². The summed E-state index contributed by atoms with van der Waals surface area (Å²) in [6.07, 6.45) is 0.0225. The largest absolute Gasteiger partial charge is 0.497 e. The first-order valence-corrected chi connectivity index (χ1v) is 7.98. The molecule has 0 heterocycles. The molecule has 128 valence electrons. The van der Waals surface area contributed by atoms with Crippen LogP contribution in [0.4, 0.5) is 4.79 Å². The van der Waals surface area contributed by atoms with Crippen LogP contribution in [0.2, 0.25) is 0 Å². The third kappa shape index (κ3) is 5.59. The van der Waals surface area contributed by atoms with Gasteiger partial charge < -0.3 is 20.5 Å². The predicted molar refractivity (Wildman–Crippen MR) is 94.2 cm³/mol. The lowest BCUT2D eigenvalue weighted by Crippen LogP contribution is -2.38. The second-order valence-corrected chi connectivity index (χ2v) is 5.66. The van der Waals surface area contributed by atoms with Crippen molar-refractivity contribution in [3.05, 3.63) is 65.2 Å². The Bertz CT molecular complexity index is 656. The van der Waals surface area contributed by atoms with Crippen molar-refractivity contribution < 1.29 is 14.6 Å². The van der Waals surface area contributed by atoms with Crippen LogP contribution in [0, 0.1) is 6.92 Å². The van der Waals surface area contributed by atoms with E-state index in [1.807, 2.05) is 25.1 Å². The molecule has 2 aromatic rings. The maximum atomic E-state index is 11.8. The summed E-state index contributed by atoms with van der Waals surface area (Å²) >= 11 is 0. The van der Waals surface area contributed by atoms with Gasteiger partial charge in [0.2, 0.25) is 0 Å². The van der Waals surface area contributed by atoms with E-state index in [-0.39, 0.29) is 12.6 Å². The van der Waals surface area contributed by atoms with Crippen LogP contribution in [0.25, 0.3) is 0 Å². The number of hydrogen-bond donors (Lipinski definition) is 3. The summed E-state index contributed by atoms with van der Waals surface area (Å²) in [5.74, 6) is 0.729. The lowest BCUT2D eigenvalue weighted by Gasteiger charge is -2.13. The average molecular weight is 328 g/mol. The quantitative estimate of drug-likeness (QED) is 0.731. The summed E-state index contributed by atoms with van der Waals surface area (Å²) in [5.41, 5.74) is 3.13. The Morgan fingerprint density at radius 3 is 2.58 bits per heavy atom. The number of hydrogen-bond acceptors (Lipinski definition) is 3. The van der Waals surface area contributed by atoms with Gasteiger partial charge in [0.1, 0.15) is 5.75 Å². The van der Waals surface area contributed by atoms with Crippen LogP contribution in [0.1, 0.15) is 22.8 Å². The molecule has 1 atom stereocenters. The highest BCUT2D eigenvalue weighted by Crippen LogP contribution is 2.16. The Labute approximate surface area is 142 Å². The van der Waals surface area contributed by atoms with Gasteiger partial charge in [-0.2, -0.15) is 0 Å². The molecular weight excluding hydrogens is 304 g/mol. The molecule has 0 radical (unpaired) electrons. The normalized spacial score (nSPS) is 11.6. The number of nitrogens with one attached hydrogen (secondary N) is 2. The Balaban J connectivity index is 1.70. The third-order valence-electron chi connectivity index (χ3n) is 3.74. The van der Waals surface area contributed by atoms with Gasteiger partial charge in [0.05, 0.1) is 13.2 Å². The maximum absolute atomic E-state index is 11.8. The average Bonchev–Trinajstić information content (AvgIpc) is 2.60. The Morgan fingerprint density at radius 1 is 1.17 bits per heavy atom. The number of rotatable bonds is 7. The molecule has 5 heteroatoms. The van der Waals surface area contributed by atoms with E-state index in [0.717, 1.165) is 17.7 Å². The van der Waals surface area contributed by atoms with E-state index in [4.69, 9.17) is 4.74 Å². The number of amides is 2. The van der Waals surface area contributed by atoms with E-state index in [0.29, 0.717) is 6.54 Å². The minimum Gasteiger partial charge on any atom is -0.497 e. The van der Waals surface area contributed by atoms with Gasteiger partial charge in [0.25, 0.3) is 0 Å². The number of benzene rings is 2. The van der Waals surface area contributed by atoms with Crippen LogP contribution in [0.3, 0.4) is 0 Å². The smallest absolute Gasteiger partial charge is 0.314 e. The summed E-state index contributed by atoms with van der Waals surface area (Å²) in [6, 6.07) is 15.0. The summed E-state index contributed by atoms with van der Waals surface area (Å²) in [4.78, 5) is 11.8. The molecule has 0 saturated carbocycles. The highest BCUT2D eigenvalue weighted by atomic mass is 16.5. The topological polar surface area (TPSA) is 70.6 Å². The predicted octanol–water partition coefficient (Wildman–Crippen LogP) is 2.58. The lowest BCUT2D eigenvalue weighted by molar-refractivity contribution is 0.173. The van der Waals surface area contributed by atoms with Gasteiger partial charge in [-0.3, -0.25) is 0 Å². The van der Waals surface area contributed by atoms with Crippen molar-refractivity contribution in [2.45, 2.75) is 19.4 Å². The highest BCUT2D eigenvalue weighted by molar-refractivity contribution is 5.73. The fourth-order valence-corrected chi connectivity index (χ4v) is 2.38. The van der Waals surface area contributed by atoms with Crippen molar-refractivity contribution in [3.63, 3.8) is 0 Å². The molecule has 2 rings (SSSR count). The van der Waals surface area contributed by atoms with E-state index in [1.54, 1.807) is 31.4 Å². The Kier molecular flexibility index (Phi) is 6.63. The van der Waals surface area contributed by atoms with Crippen molar-refractivity contribution in [3.8, 4) is 5.75 Å². The van der Waals surface area contributed by atoms with Crippen molar-refractivity contribution in [1.29, 1.82) is 0 Å². The van der Waals surface area contributed by atoms with Crippen LogP contribution in [-0.2, 0) is 6.42 Å². The fraction of sp³-hybridized carbons (Fsp3) is 0.316. The SMILES string of the molecule is COc1ccc(C(O)CNC(=O)NCCc2cccc(C)c2)cc1. The number of carbonyl (C=O) groups excluding carboxylic acids is 1. The summed E-state index contributed by atoms with van der Waals surface area (Å²) in [5, 5.41) is 15.6. The maximum Gasteiger partial charge on any atom is 0.314 e. The van der Waals surface area contributed by atoms with Crippen LogP contribution in [0.5, 0.6) is 5.75 Å². The molecule has 2 amide bonds. The van der Waals surface area contributed by atoms with Gasteiger partial charge in [-0.05, 0) is 36.6 Å². The number of aryl methyl sites for hydroxylation is 1. The van der Waals surface area contributed by atoms with Gasteiger partial charge in [-0.25, -0.2) is 4.79 Å². The monoisotopic (exact) mass is 328 g/mol. The molecular formula is C19H24N2O3. The standard InChI is InChI=1S/C19H24N2O3/c1-14-4-3-5-15(12-14)10-11-20-19(23)21-13-18(22)16-6-8-17(24-2)9-7-16/h3-9,12,18,22H,10-11,13H2,1-2H3,(H2,20,21,23). The van der Waals surface area contributed by atoms with Gasteiger partial charge >= 0.3 is 6.03 Å². The number of methoxy groups -OCH3 is 1. The first-order chi connectivity index (χ1) is 11.6. The molecule has 0 aliphatic heterocycles. The summed E-state index contributed by atoms with van der Waals surface area (Å²) in [7, 11) is 1.59. The second kappa shape index (κ2) is 8.93. The molecule has 0 aliphatic rings. The van der Waals surface area contributed by atoms with E-state index in [1.165, 1.54) is 11.1 Å². The fourth-order valence-electron chi connectivity index (χ4n) is 2.38. The van der Waals surface area contributed by atoms with Gasteiger partial charge in [-0.15, -0.1) is 0 Å². The zero-order valence-corrected chi connectivity index (χ0v) is 14.1. The van der Waals surface area contributed by atoms with Gasteiger partial charge in [0, 0.05) is 13.1 Å². The van der Waals surface area contributed by atoms with Crippen LogP contribution < -0.4 is 15.4 Å². The van der Waals surface area contributed by atoms with Crippen molar-refractivity contribution in [1.82, 2.24) is 10.6 Å². The second-order valence-electron chi connectivity index (χ2n) is 5.66. The third-order valence-corrected chi connectivity index (χ3v) is 3.74. The molecule has 5 nitrogen and oxygen atoms in total. The summed E-state index contributed by atoms with van der Waals surface area (Å²) in [6.45, 7) is 2.75. The molecule has 0 saturated heterocycles. The summed E-state index contributed by atoms with van der Waals surface area (Å²) < 4.78 is 5.07. The van der Waals surface area contributed by atoms with Crippen molar-refractivity contribution >= 4 is 6.03 Å². The van der Waals surface area contributed by atoms with Crippen LogP contribution in [0.15, 0.2) is 48.5 Å². The molecule has 0 aromatic heterocycles. The van der Waals surface area contributed by atoms with Crippen molar-refractivity contribution in [2.24, 2.45) is 0 Å². The lowest BCUT2D eigenvalue weighted by atomic mass is 10.1. The Hall–Kier alpha value is -2.53. The molecule has 24 heavy (non-hydrogen) atoms. The molecule has 1 unspecified atom stereocenters. The van der Waals surface area contributed by atoms with E-state index < -0.39 is 6.10 Å². The molecule has 2 aromatic carbocycles. The first-order valence-electron chi connectivity index (χ1n) is 7.98. The van der Waals surface area contributed by atoms with Crippen LogP contribution in [-0.4, -0.2) is 31.3 Å². The number of urea groups is 1. The van der Waals surface area contributed by atoms with E-state index >= 15 is 0 Å². The van der Waals surface area contributed by atoms with E-state index in [2.05, 4.69) is 16.7 Å². The minimum absolute atomic E-state index is 0.155. The zero-order chi connectivity index (χ0) is 17.4. The minimum atomic E-state index is -0.751. The molecule has 0 bridgehead atoms. The molecule has 3 N–H and O–H groups in total. The molecule has 0 fully saturated rings. The molecule has 0 spiro atoms. The number of ether oxygens (including phenoxy) is 1.